The molecule has 0 aliphatic carbocycles. The van der Waals surface area contributed by atoms with E-state index in [1.807, 2.05) is 24.3 Å². The SMILES string of the molecule is OCCCCn1nc2ccccc2n1. The summed E-state index contributed by atoms with van der Waals surface area (Å²) in [5, 5.41) is 17.3. The van der Waals surface area contributed by atoms with Gasteiger partial charge in [0.05, 0.1) is 6.54 Å². The maximum Gasteiger partial charge on any atom is 0.113 e. The van der Waals surface area contributed by atoms with E-state index in [0.29, 0.717) is 0 Å². The molecule has 1 aromatic carbocycles. The molecule has 0 aliphatic rings. The van der Waals surface area contributed by atoms with Crippen LogP contribution in [0, 0.1) is 0 Å². The van der Waals surface area contributed by atoms with Crippen LogP contribution in [-0.4, -0.2) is 26.7 Å². The first-order valence-corrected chi connectivity index (χ1v) is 4.81. The second-order valence-corrected chi connectivity index (χ2v) is 3.22. The van der Waals surface area contributed by atoms with Gasteiger partial charge in [-0.2, -0.15) is 15.0 Å². The summed E-state index contributed by atoms with van der Waals surface area (Å²) in [6.45, 7) is 1.01. The molecule has 0 saturated carbocycles. The molecule has 0 unspecified atom stereocenters. The smallest absolute Gasteiger partial charge is 0.113 e. The summed E-state index contributed by atoms with van der Waals surface area (Å²) in [7, 11) is 0. The van der Waals surface area contributed by atoms with E-state index in [0.717, 1.165) is 30.4 Å². The first kappa shape index (κ1) is 9.15. The zero-order valence-corrected chi connectivity index (χ0v) is 7.93. The standard InChI is InChI=1S/C10H13N3O/c14-8-4-3-7-13-11-9-5-1-2-6-10(9)12-13/h1-2,5-6,14H,3-4,7-8H2. The second-order valence-electron chi connectivity index (χ2n) is 3.22. The van der Waals surface area contributed by atoms with E-state index in [2.05, 4.69) is 10.2 Å². The third-order valence-corrected chi connectivity index (χ3v) is 2.09. The Kier molecular flexibility index (Phi) is 2.74. The highest BCUT2D eigenvalue weighted by Gasteiger charge is 1.99. The number of benzene rings is 1. The molecule has 2 aromatic rings. The topological polar surface area (TPSA) is 50.9 Å². The maximum absolute atomic E-state index is 8.63. The molecule has 2 rings (SSSR count). The summed E-state index contributed by atoms with van der Waals surface area (Å²) in [6, 6.07) is 7.81. The molecule has 0 spiro atoms. The van der Waals surface area contributed by atoms with E-state index in [1.165, 1.54) is 0 Å². The molecule has 1 heterocycles. The highest BCUT2D eigenvalue weighted by molar-refractivity contribution is 5.72. The largest absolute Gasteiger partial charge is 0.396 e. The molecular formula is C10H13N3O. The lowest BCUT2D eigenvalue weighted by atomic mass is 10.3. The van der Waals surface area contributed by atoms with E-state index in [-0.39, 0.29) is 6.61 Å². The number of nitrogens with zero attached hydrogens (tertiary/aromatic N) is 3. The lowest BCUT2D eigenvalue weighted by molar-refractivity contribution is 0.278. The number of aryl methyl sites for hydroxylation is 1. The van der Waals surface area contributed by atoms with Crippen molar-refractivity contribution in [2.45, 2.75) is 19.4 Å². The first-order valence-electron chi connectivity index (χ1n) is 4.81. The van der Waals surface area contributed by atoms with E-state index in [4.69, 9.17) is 5.11 Å². The molecule has 0 amide bonds. The molecule has 4 heteroatoms. The number of aliphatic hydroxyl groups excluding tert-OH is 1. The van der Waals surface area contributed by atoms with Crippen LogP contribution in [0.4, 0.5) is 0 Å². The highest BCUT2D eigenvalue weighted by atomic mass is 16.2. The second kappa shape index (κ2) is 4.19. The predicted octanol–water partition coefficient (Wildman–Crippen LogP) is 1.20. The molecule has 0 radical (unpaired) electrons. The molecule has 1 aromatic heterocycles. The average Bonchev–Trinajstić information content (AvgIpc) is 2.60. The zero-order chi connectivity index (χ0) is 9.80. The van der Waals surface area contributed by atoms with E-state index >= 15 is 0 Å². The molecular weight excluding hydrogens is 178 g/mol. The molecule has 14 heavy (non-hydrogen) atoms. The Hall–Kier alpha value is -1.42. The molecule has 4 nitrogen and oxygen atoms in total. The van der Waals surface area contributed by atoms with Gasteiger partial charge in [0.2, 0.25) is 0 Å². The van der Waals surface area contributed by atoms with Gasteiger partial charge < -0.3 is 5.11 Å². The normalized spacial score (nSPS) is 10.9. The molecule has 0 atom stereocenters. The number of aromatic nitrogens is 3. The van der Waals surface area contributed by atoms with Crippen molar-refractivity contribution in [3.05, 3.63) is 24.3 Å². The Morgan fingerprint density at radius 1 is 1.07 bits per heavy atom. The number of aliphatic hydroxyl groups is 1. The summed E-state index contributed by atoms with van der Waals surface area (Å²) in [5.74, 6) is 0. The average molecular weight is 191 g/mol. The Labute approximate surface area is 82.2 Å². The Morgan fingerprint density at radius 2 is 1.71 bits per heavy atom. The summed E-state index contributed by atoms with van der Waals surface area (Å²) < 4.78 is 0. The number of unbranched alkanes of at least 4 members (excludes halogenated alkanes) is 1. The maximum atomic E-state index is 8.63. The minimum atomic E-state index is 0.237. The van der Waals surface area contributed by atoms with Crippen LogP contribution in [0.2, 0.25) is 0 Å². The summed E-state index contributed by atoms with van der Waals surface area (Å²) in [4.78, 5) is 1.69. The molecule has 0 aliphatic heterocycles. The minimum absolute atomic E-state index is 0.237. The van der Waals surface area contributed by atoms with Gasteiger partial charge in [0.25, 0.3) is 0 Å². The van der Waals surface area contributed by atoms with E-state index in [1.54, 1.807) is 4.80 Å². The molecule has 0 bridgehead atoms. The van der Waals surface area contributed by atoms with Crippen molar-refractivity contribution < 1.29 is 5.11 Å². The molecule has 0 fully saturated rings. The lowest BCUT2D eigenvalue weighted by Crippen LogP contribution is -2.02. The van der Waals surface area contributed by atoms with Crippen molar-refractivity contribution in [2.75, 3.05) is 6.61 Å². The number of fused-ring (bicyclic) bond motifs is 1. The van der Waals surface area contributed by atoms with Gasteiger partial charge in [-0.3, -0.25) is 0 Å². The van der Waals surface area contributed by atoms with Crippen LogP contribution in [-0.2, 0) is 6.54 Å². The van der Waals surface area contributed by atoms with Crippen molar-refractivity contribution in [2.24, 2.45) is 0 Å². The van der Waals surface area contributed by atoms with Crippen molar-refractivity contribution in [1.29, 1.82) is 0 Å². The van der Waals surface area contributed by atoms with Gasteiger partial charge in [0, 0.05) is 6.61 Å². The summed E-state index contributed by atoms with van der Waals surface area (Å²) >= 11 is 0. The summed E-state index contributed by atoms with van der Waals surface area (Å²) in [6.07, 6.45) is 1.72. The van der Waals surface area contributed by atoms with Crippen LogP contribution in [0.1, 0.15) is 12.8 Å². The summed E-state index contributed by atoms with van der Waals surface area (Å²) in [5.41, 5.74) is 1.85. The monoisotopic (exact) mass is 191 g/mol. The van der Waals surface area contributed by atoms with Crippen molar-refractivity contribution in [1.82, 2.24) is 15.0 Å². The van der Waals surface area contributed by atoms with Crippen LogP contribution in [0.5, 0.6) is 0 Å². The van der Waals surface area contributed by atoms with Crippen LogP contribution in [0.15, 0.2) is 24.3 Å². The van der Waals surface area contributed by atoms with Gasteiger partial charge >= 0.3 is 0 Å². The Morgan fingerprint density at radius 3 is 2.29 bits per heavy atom. The molecule has 0 saturated heterocycles. The Bertz CT molecular complexity index is 377. The van der Waals surface area contributed by atoms with Crippen LogP contribution in [0.25, 0.3) is 11.0 Å². The Balaban J connectivity index is 2.11. The molecule has 1 N–H and O–H groups in total. The van der Waals surface area contributed by atoms with Gasteiger partial charge in [-0.25, -0.2) is 0 Å². The lowest BCUT2D eigenvalue weighted by Gasteiger charge is -1.96. The third-order valence-electron chi connectivity index (χ3n) is 2.09. The van der Waals surface area contributed by atoms with Gasteiger partial charge in [0.15, 0.2) is 0 Å². The fraction of sp³-hybridized carbons (Fsp3) is 0.400. The van der Waals surface area contributed by atoms with Crippen molar-refractivity contribution >= 4 is 11.0 Å². The van der Waals surface area contributed by atoms with E-state index in [9.17, 15) is 0 Å². The van der Waals surface area contributed by atoms with Crippen molar-refractivity contribution in [3.63, 3.8) is 0 Å². The zero-order valence-electron chi connectivity index (χ0n) is 7.93. The number of rotatable bonds is 4. The van der Waals surface area contributed by atoms with Gasteiger partial charge in [-0.1, -0.05) is 12.1 Å². The van der Waals surface area contributed by atoms with Crippen molar-refractivity contribution in [3.8, 4) is 0 Å². The highest BCUT2D eigenvalue weighted by Crippen LogP contribution is 2.07. The van der Waals surface area contributed by atoms with Gasteiger partial charge in [0.1, 0.15) is 11.0 Å². The fourth-order valence-corrected chi connectivity index (χ4v) is 1.37. The van der Waals surface area contributed by atoms with Gasteiger partial charge in [-0.05, 0) is 25.0 Å². The third kappa shape index (κ3) is 1.90. The fourth-order valence-electron chi connectivity index (χ4n) is 1.37. The quantitative estimate of drug-likeness (QED) is 0.739. The predicted molar refractivity (Wildman–Crippen MR) is 53.8 cm³/mol. The van der Waals surface area contributed by atoms with Crippen LogP contribution in [0.3, 0.4) is 0 Å². The van der Waals surface area contributed by atoms with Gasteiger partial charge in [-0.15, -0.1) is 0 Å². The van der Waals surface area contributed by atoms with Crippen LogP contribution < -0.4 is 0 Å². The van der Waals surface area contributed by atoms with Crippen LogP contribution >= 0.6 is 0 Å². The first-order chi connectivity index (χ1) is 6.90. The van der Waals surface area contributed by atoms with E-state index < -0.39 is 0 Å². The molecule has 74 valence electrons. The number of hydrogen-bond donors (Lipinski definition) is 1. The minimum Gasteiger partial charge on any atom is -0.396 e. The number of hydrogen-bond acceptors (Lipinski definition) is 3.